The molecule has 0 saturated heterocycles. The maximum Gasteiger partial charge on any atom is 0.123 e. The first kappa shape index (κ1) is 14.0. The lowest BCUT2D eigenvalue weighted by atomic mass is 10.1. The maximum absolute atomic E-state index is 5.28. The number of hydrogen-bond acceptors (Lipinski definition) is 4. The molecule has 0 fully saturated rings. The van der Waals surface area contributed by atoms with Gasteiger partial charge >= 0.3 is 0 Å². The minimum absolute atomic E-state index is 0.847. The number of nitrogens with zero attached hydrogens (tertiary/aromatic N) is 1. The zero-order chi connectivity index (χ0) is 13.7. The van der Waals surface area contributed by atoms with Crippen molar-refractivity contribution in [3.63, 3.8) is 0 Å². The molecule has 2 rings (SSSR count). The molecule has 1 heterocycles. The molecule has 19 heavy (non-hydrogen) atoms. The number of benzene rings is 1. The van der Waals surface area contributed by atoms with Gasteiger partial charge in [0.05, 0.1) is 12.8 Å². The van der Waals surface area contributed by atoms with Crippen LogP contribution in [0.25, 0.3) is 10.6 Å². The minimum atomic E-state index is 0.847. The summed E-state index contributed by atoms with van der Waals surface area (Å²) < 4.78 is 5.28. The van der Waals surface area contributed by atoms with Crippen LogP contribution in [0.4, 0.5) is 0 Å². The molecule has 0 aliphatic carbocycles. The molecule has 0 aliphatic rings. The molecule has 0 bridgehead atoms. The summed E-state index contributed by atoms with van der Waals surface area (Å²) in [6, 6.07) is 6.19. The summed E-state index contributed by atoms with van der Waals surface area (Å²) in [5.74, 6) is 0.921. The van der Waals surface area contributed by atoms with Gasteiger partial charge in [-0.25, -0.2) is 4.98 Å². The number of methoxy groups -OCH3 is 1. The standard InChI is InChI=1S/C15H20N2OS/c1-4-7-16-9-13-10-19-15(17-13)12-5-6-14(18-3)11(2)8-12/h5-6,8,10,16H,4,7,9H2,1-3H3. The second-order valence-corrected chi connectivity index (χ2v) is 5.36. The van der Waals surface area contributed by atoms with Crippen molar-refractivity contribution < 1.29 is 4.74 Å². The van der Waals surface area contributed by atoms with Crippen LogP contribution >= 0.6 is 11.3 Å². The van der Waals surface area contributed by atoms with Crippen LogP contribution in [-0.2, 0) is 6.54 Å². The molecular formula is C15H20N2OS. The number of aromatic nitrogens is 1. The zero-order valence-corrected chi connectivity index (χ0v) is 12.5. The summed E-state index contributed by atoms with van der Waals surface area (Å²) in [5.41, 5.74) is 3.41. The summed E-state index contributed by atoms with van der Waals surface area (Å²) >= 11 is 1.69. The highest BCUT2D eigenvalue weighted by atomic mass is 32.1. The monoisotopic (exact) mass is 276 g/mol. The molecule has 0 radical (unpaired) electrons. The van der Waals surface area contributed by atoms with E-state index in [9.17, 15) is 0 Å². The third-order valence-corrected chi connectivity index (χ3v) is 3.87. The van der Waals surface area contributed by atoms with Gasteiger partial charge in [-0.3, -0.25) is 0 Å². The van der Waals surface area contributed by atoms with E-state index in [1.54, 1.807) is 18.4 Å². The van der Waals surface area contributed by atoms with Crippen molar-refractivity contribution >= 4 is 11.3 Å². The van der Waals surface area contributed by atoms with Crippen molar-refractivity contribution in [1.82, 2.24) is 10.3 Å². The molecule has 1 aromatic carbocycles. The fourth-order valence-corrected chi connectivity index (χ4v) is 2.74. The minimum Gasteiger partial charge on any atom is -0.496 e. The smallest absolute Gasteiger partial charge is 0.123 e. The van der Waals surface area contributed by atoms with E-state index in [1.807, 2.05) is 6.07 Å². The number of ether oxygens (including phenoxy) is 1. The predicted octanol–water partition coefficient (Wildman–Crippen LogP) is 3.63. The van der Waals surface area contributed by atoms with Crippen LogP contribution in [-0.4, -0.2) is 18.6 Å². The van der Waals surface area contributed by atoms with Gasteiger partial charge in [-0.05, 0) is 43.7 Å². The molecular weight excluding hydrogens is 256 g/mol. The molecule has 0 saturated carbocycles. The number of rotatable bonds is 6. The molecule has 102 valence electrons. The number of aryl methyl sites for hydroxylation is 1. The lowest BCUT2D eigenvalue weighted by Gasteiger charge is -2.05. The third kappa shape index (κ3) is 3.55. The van der Waals surface area contributed by atoms with Gasteiger partial charge in [0, 0.05) is 17.5 Å². The Labute approximate surface area is 118 Å². The first-order valence-corrected chi connectivity index (χ1v) is 7.42. The molecule has 4 heteroatoms. The van der Waals surface area contributed by atoms with Crippen molar-refractivity contribution in [1.29, 1.82) is 0 Å². The summed E-state index contributed by atoms with van der Waals surface area (Å²) in [6.07, 6.45) is 1.15. The van der Waals surface area contributed by atoms with E-state index in [-0.39, 0.29) is 0 Å². The topological polar surface area (TPSA) is 34.1 Å². The quantitative estimate of drug-likeness (QED) is 0.818. The average Bonchev–Trinajstić information content (AvgIpc) is 2.88. The van der Waals surface area contributed by atoms with Gasteiger partial charge in [0.1, 0.15) is 10.8 Å². The Morgan fingerprint density at radius 3 is 2.89 bits per heavy atom. The van der Waals surface area contributed by atoms with Gasteiger partial charge in [0.2, 0.25) is 0 Å². The predicted molar refractivity (Wildman–Crippen MR) is 80.8 cm³/mol. The first-order chi connectivity index (χ1) is 9.24. The SMILES string of the molecule is CCCNCc1csc(-c2ccc(OC)c(C)c2)n1. The Morgan fingerprint density at radius 1 is 1.37 bits per heavy atom. The van der Waals surface area contributed by atoms with Gasteiger partial charge in [0.15, 0.2) is 0 Å². The van der Waals surface area contributed by atoms with Crippen LogP contribution in [0.2, 0.25) is 0 Å². The van der Waals surface area contributed by atoms with Crippen molar-refractivity contribution in [3.8, 4) is 16.3 Å². The summed E-state index contributed by atoms with van der Waals surface area (Å²) in [6.45, 7) is 6.10. The molecule has 0 atom stereocenters. The van der Waals surface area contributed by atoms with Crippen LogP contribution in [0.15, 0.2) is 23.6 Å². The van der Waals surface area contributed by atoms with E-state index in [1.165, 1.54) is 0 Å². The highest BCUT2D eigenvalue weighted by Gasteiger charge is 2.06. The van der Waals surface area contributed by atoms with E-state index in [2.05, 4.69) is 41.7 Å². The van der Waals surface area contributed by atoms with E-state index >= 15 is 0 Å². The molecule has 0 aliphatic heterocycles. The van der Waals surface area contributed by atoms with Gasteiger partial charge in [-0.1, -0.05) is 6.92 Å². The maximum atomic E-state index is 5.28. The van der Waals surface area contributed by atoms with Crippen LogP contribution in [0, 0.1) is 6.92 Å². The molecule has 2 aromatic rings. The van der Waals surface area contributed by atoms with E-state index < -0.39 is 0 Å². The molecule has 0 unspecified atom stereocenters. The van der Waals surface area contributed by atoms with Gasteiger partial charge < -0.3 is 10.1 Å². The Balaban J connectivity index is 2.11. The Morgan fingerprint density at radius 2 is 2.21 bits per heavy atom. The van der Waals surface area contributed by atoms with Crippen LogP contribution in [0.3, 0.4) is 0 Å². The number of nitrogens with one attached hydrogen (secondary N) is 1. The second-order valence-electron chi connectivity index (χ2n) is 4.51. The van der Waals surface area contributed by atoms with Crippen LogP contribution < -0.4 is 10.1 Å². The molecule has 1 aromatic heterocycles. The Bertz CT molecular complexity index is 537. The molecule has 1 N–H and O–H groups in total. The van der Waals surface area contributed by atoms with Crippen molar-refractivity contribution in [3.05, 3.63) is 34.8 Å². The van der Waals surface area contributed by atoms with Crippen LogP contribution in [0.1, 0.15) is 24.6 Å². The second kappa shape index (κ2) is 6.68. The van der Waals surface area contributed by atoms with E-state index in [4.69, 9.17) is 4.74 Å². The van der Waals surface area contributed by atoms with E-state index in [0.29, 0.717) is 0 Å². The first-order valence-electron chi connectivity index (χ1n) is 6.54. The van der Waals surface area contributed by atoms with E-state index in [0.717, 1.165) is 47.1 Å². The van der Waals surface area contributed by atoms with Crippen molar-refractivity contribution in [2.45, 2.75) is 26.8 Å². The van der Waals surface area contributed by atoms with Crippen molar-refractivity contribution in [2.75, 3.05) is 13.7 Å². The highest BCUT2D eigenvalue weighted by molar-refractivity contribution is 7.13. The highest BCUT2D eigenvalue weighted by Crippen LogP contribution is 2.28. The third-order valence-electron chi connectivity index (χ3n) is 2.93. The van der Waals surface area contributed by atoms with Gasteiger partial charge in [-0.2, -0.15) is 0 Å². The van der Waals surface area contributed by atoms with Crippen molar-refractivity contribution in [2.24, 2.45) is 0 Å². The summed E-state index contributed by atoms with van der Waals surface area (Å²) in [5, 5.41) is 6.56. The Hall–Kier alpha value is -1.39. The van der Waals surface area contributed by atoms with Crippen LogP contribution in [0.5, 0.6) is 5.75 Å². The lowest BCUT2D eigenvalue weighted by molar-refractivity contribution is 0.412. The molecule has 0 spiro atoms. The zero-order valence-electron chi connectivity index (χ0n) is 11.7. The normalized spacial score (nSPS) is 10.7. The lowest BCUT2D eigenvalue weighted by Crippen LogP contribution is -2.13. The fourth-order valence-electron chi connectivity index (χ4n) is 1.93. The number of thiazole rings is 1. The summed E-state index contributed by atoms with van der Waals surface area (Å²) in [4.78, 5) is 4.66. The molecule has 3 nitrogen and oxygen atoms in total. The largest absolute Gasteiger partial charge is 0.496 e. The Kier molecular flexibility index (Phi) is 4.93. The summed E-state index contributed by atoms with van der Waals surface area (Å²) in [7, 11) is 1.70. The molecule has 0 amide bonds. The fraction of sp³-hybridized carbons (Fsp3) is 0.400. The van der Waals surface area contributed by atoms with Gasteiger partial charge in [-0.15, -0.1) is 11.3 Å². The van der Waals surface area contributed by atoms with Gasteiger partial charge in [0.25, 0.3) is 0 Å². The average molecular weight is 276 g/mol. The number of hydrogen-bond donors (Lipinski definition) is 1.